The number of thiazole rings is 2. The van der Waals surface area contributed by atoms with Gasteiger partial charge in [0.1, 0.15) is 23.8 Å². The van der Waals surface area contributed by atoms with Crippen molar-refractivity contribution in [3.05, 3.63) is 70.7 Å². The van der Waals surface area contributed by atoms with E-state index in [4.69, 9.17) is 0 Å². The normalized spacial score (nSPS) is 11.6. The molecule has 38 heavy (non-hydrogen) atoms. The number of aromatic nitrogens is 2. The third-order valence-corrected chi connectivity index (χ3v) is 8.12. The van der Waals surface area contributed by atoms with Crippen LogP contribution >= 0.6 is 22.7 Å². The summed E-state index contributed by atoms with van der Waals surface area (Å²) in [5, 5.41) is 23.3. The molecule has 2 heterocycles. The Morgan fingerprint density at radius 2 is 1.08 bits per heavy atom. The summed E-state index contributed by atoms with van der Waals surface area (Å²) in [5.74, 6) is 0. The smallest absolute Gasteiger partial charge is 0.374 e. The van der Waals surface area contributed by atoms with Gasteiger partial charge in [0, 0.05) is 49.3 Å². The molecule has 0 amide bonds. The number of hydrogen-bond acceptors (Lipinski definition) is 8. The summed E-state index contributed by atoms with van der Waals surface area (Å²) in [6, 6.07) is 12.6. The molecule has 4 rings (SSSR count). The van der Waals surface area contributed by atoms with Gasteiger partial charge in [-0.2, -0.15) is 0 Å². The van der Waals surface area contributed by atoms with E-state index in [0.717, 1.165) is 47.6 Å². The Morgan fingerprint density at radius 1 is 0.658 bits per heavy atom. The lowest BCUT2D eigenvalue weighted by Crippen LogP contribution is -2.23. The number of unbranched alkanes of at least 4 members (excludes halogenated alkanes) is 1. The van der Waals surface area contributed by atoms with Crippen LogP contribution in [0, 0.1) is 13.8 Å². The van der Waals surface area contributed by atoms with E-state index in [1.807, 2.05) is 58.5 Å². The van der Waals surface area contributed by atoms with Gasteiger partial charge in [-0.15, -0.1) is 0 Å². The van der Waals surface area contributed by atoms with E-state index in [9.17, 15) is 0 Å². The van der Waals surface area contributed by atoms with Crippen LogP contribution in [0.25, 0.3) is 0 Å². The first-order chi connectivity index (χ1) is 18.3. The van der Waals surface area contributed by atoms with Crippen molar-refractivity contribution in [2.24, 2.45) is 34.6 Å². The van der Waals surface area contributed by atoms with Gasteiger partial charge in [0.25, 0.3) is 0 Å². The molecule has 0 spiro atoms. The van der Waals surface area contributed by atoms with Crippen LogP contribution < -0.4 is 18.9 Å². The van der Waals surface area contributed by atoms with Gasteiger partial charge in [0.2, 0.25) is 0 Å². The number of hydrogen-bond donors (Lipinski definition) is 0. The van der Waals surface area contributed by atoms with Crippen LogP contribution in [0.15, 0.2) is 80.0 Å². The first-order valence-electron chi connectivity index (χ1n) is 12.6. The molecule has 0 saturated carbocycles. The molecule has 0 N–H and O–H groups in total. The van der Waals surface area contributed by atoms with Gasteiger partial charge in [0.05, 0.1) is 24.3 Å². The molecule has 198 valence electrons. The van der Waals surface area contributed by atoms with Gasteiger partial charge < -0.3 is 9.80 Å². The highest BCUT2D eigenvalue weighted by molar-refractivity contribution is 7.13. The predicted molar refractivity (Wildman–Crippen MR) is 157 cm³/mol. The largest absolute Gasteiger partial charge is 0.408 e. The minimum Gasteiger partial charge on any atom is -0.374 e. The first-order valence-corrected chi connectivity index (χ1v) is 14.4. The molecule has 0 aliphatic carbocycles. The molecular formula is C28H36N8S2+2. The van der Waals surface area contributed by atoms with Gasteiger partial charge >= 0.3 is 10.3 Å². The number of anilines is 2. The molecule has 2 aromatic carbocycles. The Balaban J connectivity index is 1.25. The van der Waals surface area contributed by atoms with E-state index in [1.165, 1.54) is 22.5 Å². The molecule has 0 fully saturated rings. The summed E-state index contributed by atoms with van der Waals surface area (Å²) in [7, 11) is 8.27. The van der Waals surface area contributed by atoms with Gasteiger partial charge in [0.15, 0.2) is 0 Å². The average Bonchev–Trinajstić information content (AvgIpc) is 3.50. The van der Waals surface area contributed by atoms with Crippen molar-refractivity contribution < 1.29 is 9.13 Å². The topological polar surface area (TPSA) is 63.7 Å². The molecule has 0 aliphatic heterocycles. The Labute approximate surface area is 233 Å². The predicted octanol–water partition coefficient (Wildman–Crippen LogP) is 7.26. The summed E-state index contributed by atoms with van der Waals surface area (Å²) >= 11 is 3.16. The summed E-state index contributed by atoms with van der Waals surface area (Å²) < 4.78 is 3.94. The maximum Gasteiger partial charge on any atom is 0.408 e. The van der Waals surface area contributed by atoms with E-state index in [1.54, 1.807) is 22.7 Å². The van der Waals surface area contributed by atoms with Crippen LogP contribution in [0.4, 0.5) is 33.0 Å². The minimum atomic E-state index is 0.873. The third kappa shape index (κ3) is 7.08. The third-order valence-electron chi connectivity index (χ3n) is 6.44. The highest BCUT2D eigenvalue weighted by atomic mass is 32.1. The fourth-order valence-electron chi connectivity index (χ4n) is 4.25. The van der Waals surface area contributed by atoms with Crippen LogP contribution in [-0.4, -0.2) is 27.2 Å². The van der Waals surface area contributed by atoms with E-state index < -0.39 is 0 Å². The lowest BCUT2D eigenvalue weighted by molar-refractivity contribution is -0.654. The summed E-state index contributed by atoms with van der Waals surface area (Å²) in [4.78, 5) is 4.66. The van der Waals surface area contributed by atoms with Crippen molar-refractivity contribution in [1.29, 1.82) is 0 Å². The Morgan fingerprint density at radius 3 is 1.42 bits per heavy atom. The second kappa shape index (κ2) is 12.8. The van der Waals surface area contributed by atoms with Crippen molar-refractivity contribution in [2.45, 2.75) is 26.7 Å². The maximum atomic E-state index is 4.41. The number of nitrogens with zero attached hydrogens (tertiary/aromatic N) is 8. The van der Waals surface area contributed by atoms with Crippen molar-refractivity contribution in [3.63, 3.8) is 0 Å². The molecule has 0 unspecified atom stereocenters. The Kier molecular flexibility index (Phi) is 9.30. The van der Waals surface area contributed by atoms with Crippen molar-refractivity contribution in [1.82, 2.24) is 0 Å². The van der Waals surface area contributed by atoms with Crippen molar-refractivity contribution in [3.8, 4) is 0 Å². The Bertz CT molecular complexity index is 1310. The Hall–Kier alpha value is -3.50. The lowest BCUT2D eigenvalue weighted by atomic mass is 10.1. The zero-order valence-corrected chi connectivity index (χ0v) is 24.6. The van der Waals surface area contributed by atoms with Crippen LogP contribution in [-0.2, 0) is 14.1 Å². The summed E-state index contributed by atoms with van der Waals surface area (Å²) in [5.41, 5.74) is 6.62. The molecule has 0 bridgehead atoms. The minimum absolute atomic E-state index is 0.873. The van der Waals surface area contributed by atoms with Crippen LogP contribution in [0.3, 0.4) is 0 Å². The summed E-state index contributed by atoms with van der Waals surface area (Å²) in [6.07, 6.45) is 6.19. The molecule has 2 aromatic heterocycles. The standard InChI is InChI=1S/C28H36N8S2/c1-21-19-23(29-31-27-35(5)15-17-37-27)9-11-25(21)33(3)13-7-8-14-34(4)26-12-10-24(20-22(26)2)30-32-28-36(6)16-18-38-28/h9-12,15-20H,7-8,13-14H2,1-6H3/q+2. The molecule has 0 aliphatic rings. The number of azo groups is 2. The zero-order chi connectivity index (χ0) is 27.1. The van der Waals surface area contributed by atoms with Gasteiger partial charge in [-0.3, -0.25) is 0 Å². The van der Waals surface area contributed by atoms with Crippen LogP contribution in [0.1, 0.15) is 24.0 Å². The van der Waals surface area contributed by atoms with Crippen LogP contribution in [0.2, 0.25) is 0 Å². The van der Waals surface area contributed by atoms with Crippen molar-refractivity contribution >= 4 is 55.7 Å². The van der Waals surface area contributed by atoms with E-state index in [0.29, 0.717) is 0 Å². The summed E-state index contributed by atoms with van der Waals surface area (Å²) in [6.45, 7) is 6.27. The molecular weight excluding hydrogens is 512 g/mol. The van der Waals surface area contributed by atoms with Crippen molar-refractivity contribution in [2.75, 3.05) is 37.0 Å². The average molecular weight is 549 g/mol. The maximum absolute atomic E-state index is 4.41. The highest BCUT2D eigenvalue weighted by Crippen LogP contribution is 2.28. The zero-order valence-electron chi connectivity index (χ0n) is 23.0. The molecule has 8 nitrogen and oxygen atoms in total. The van der Waals surface area contributed by atoms with Gasteiger partial charge in [-0.1, -0.05) is 0 Å². The second-order valence-corrected chi connectivity index (χ2v) is 11.2. The van der Waals surface area contributed by atoms with E-state index >= 15 is 0 Å². The molecule has 0 radical (unpaired) electrons. The molecule has 4 aromatic rings. The van der Waals surface area contributed by atoms with E-state index in [2.05, 4.69) is 82.5 Å². The SMILES string of the molecule is Cc1cc(N=Nc2scc[n+]2C)ccc1N(C)CCCCN(C)c1ccc(N=Nc2scc[n+]2C)cc1C. The van der Waals surface area contributed by atoms with Crippen LogP contribution in [0.5, 0.6) is 0 Å². The molecule has 0 saturated heterocycles. The number of aryl methyl sites for hydroxylation is 4. The number of benzene rings is 2. The van der Waals surface area contributed by atoms with Gasteiger partial charge in [-0.25, -0.2) is 9.13 Å². The first kappa shape index (κ1) is 27.5. The lowest BCUT2D eigenvalue weighted by Gasteiger charge is -2.24. The van der Waals surface area contributed by atoms with Gasteiger partial charge in [-0.05, 0) is 107 Å². The molecule has 10 heteroatoms. The quantitative estimate of drug-likeness (QED) is 0.112. The highest BCUT2D eigenvalue weighted by Gasteiger charge is 2.11. The monoisotopic (exact) mass is 548 g/mol. The molecule has 0 atom stereocenters. The fourth-order valence-corrected chi connectivity index (χ4v) is 5.61. The fraction of sp³-hybridized carbons (Fsp3) is 0.357. The number of rotatable bonds is 11. The van der Waals surface area contributed by atoms with E-state index in [-0.39, 0.29) is 0 Å². The second-order valence-electron chi connectivity index (χ2n) is 9.48.